The highest BCUT2D eigenvalue weighted by Gasteiger charge is 2.34. The van der Waals surface area contributed by atoms with Gasteiger partial charge in [0.25, 0.3) is 0 Å². The maximum atomic E-state index is 10.3. The highest BCUT2D eigenvalue weighted by atomic mass is 79.9. The van der Waals surface area contributed by atoms with Crippen LogP contribution in [0, 0.1) is 11.8 Å². The average Bonchev–Trinajstić information content (AvgIpc) is 2.38. The first-order valence-electron chi connectivity index (χ1n) is 7.27. The van der Waals surface area contributed by atoms with E-state index in [2.05, 4.69) is 22.9 Å². The van der Waals surface area contributed by atoms with Gasteiger partial charge in [0.1, 0.15) is 11.9 Å². The van der Waals surface area contributed by atoms with Gasteiger partial charge in [-0.25, -0.2) is 0 Å². The topological polar surface area (TPSA) is 29.5 Å². The van der Waals surface area contributed by atoms with Gasteiger partial charge in [-0.3, -0.25) is 0 Å². The Morgan fingerprint density at radius 3 is 2.68 bits per heavy atom. The zero-order valence-corrected chi connectivity index (χ0v) is 12.9. The highest BCUT2D eigenvalue weighted by Crippen LogP contribution is 2.42. The van der Waals surface area contributed by atoms with Gasteiger partial charge in [-0.1, -0.05) is 41.8 Å². The average molecular weight is 325 g/mol. The second-order valence-electron chi connectivity index (χ2n) is 6.11. The van der Waals surface area contributed by atoms with Crippen LogP contribution in [0.15, 0.2) is 22.7 Å². The van der Waals surface area contributed by atoms with Crippen LogP contribution < -0.4 is 4.74 Å². The Kier molecular flexibility index (Phi) is 3.86. The Hall–Kier alpha value is -0.540. The molecule has 3 rings (SSSR count). The molecule has 0 saturated heterocycles. The minimum atomic E-state index is -0.374. The van der Waals surface area contributed by atoms with Crippen molar-refractivity contribution in [3.05, 3.63) is 28.2 Å². The maximum absolute atomic E-state index is 10.3. The van der Waals surface area contributed by atoms with E-state index in [9.17, 15) is 5.11 Å². The van der Waals surface area contributed by atoms with E-state index in [4.69, 9.17) is 4.74 Å². The molecule has 3 heteroatoms. The van der Waals surface area contributed by atoms with Crippen molar-refractivity contribution < 1.29 is 9.84 Å². The van der Waals surface area contributed by atoms with Gasteiger partial charge in [0.05, 0.1) is 6.10 Å². The molecule has 104 valence electrons. The molecule has 0 radical (unpaired) electrons. The quantitative estimate of drug-likeness (QED) is 0.826. The minimum Gasteiger partial charge on any atom is -0.490 e. The van der Waals surface area contributed by atoms with E-state index in [1.165, 1.54) is 25.7 Å². The van der Waals surface area contributed by atoms with Crippen molar-refractivity contribution in [3.63, 3.8) is 0 Å². The summed E-state index contributed by atoms with van der Waals surface area (Å²) in [5.74, 6) is 2.32. The van der Waals surface area contributed by atoms with Gasteiger partial charge in [0.15, 0.2) is 0 Å². The molecule has 2 atom stereocenters. The molecule has 1 fully saturated rings. The number of ether oxygens (including phenoxy) is 1. The van der Waals surface area contributed by atoms with Crippen LogP contribution in [0.3, 0.4) is 0 Å². The summed E-state index contributed by atoms with van der Waals surface area (Å²) in [6.45, 7) is 2.33. The fourth-order valence-corrected chi connectivity index (χ4v) is 3.73. The normalized spacial score (nSPS) is 34.5. The van der Waals surface area contributed by atoms with Gasteiger partial charge in [-0.15, -0.1) is 0 Å². The Bertz CT molecular complexity index is 452. The first-order valence-corrected chi connectivity index (χ1v) is 8.07. The molecule has 0 spiro atoms. The molecule has 0 bridgehead atoms. The molecule has 19 heavy (non-hydrogen) atoms. The van der Waals surface area contributed by atoms with Crippen LogP contribution in [0.2, 0.25) is 0 Å². The van der Waals surface area contributed by atoms with E-state index in [-0.39, 0.29) is 12.2 Å². The maximum Gasteiger partial charge on any atom is 0.126 e. The van der Waals surface area contributed by atoms with E-state index < -0.39 is 0 Å². The highest BCUT2D eigenvalue weighted by molar-refractivity contribution is 9.10. The molecule has 1 aliphatic heterocycles. The lowest BCUT2D eigenvalue weighted by molar-refractivity contribution is 0.0194. The number of rotatable bonds is 1. The lowest BCUT2D eigenvalue weighted by Crippen LogP contribution is -2.34. The predicted octanol–water partition coefficient (Wildman–Crippen LogP) is 4.46. The number of benzene rings is 1. The lowest BCUT2D eigenvalue weighted by Gasteiger charge is -2.37. The van der Waals surface area contributed by atoms with E-state index in [1.807, 2.05) is 18.2 Å². The van der Waals surface area contributed by atoms with E-state index in [0.29, 0.717) is 5.92 Å². The summed E-state index contributed by atoms with van der Waals surface area (Å²) >= 11 is 3.47. The van der Waals surface area contributed by atoms with Crippen molar-refractivity contribution in [2.75, 3.05) is 0 Å². The molecule has 1 heterocycles. The van der Waals surface area contributed by atoms with Crippen LogP contribution in [0.25, 0.3) is 0 Å². The van der Waals surface area contributed by atoms with Crippen molar-refractivity contribution in [2.45, 2.75) is 51.2 Å². The number of aliphatic hydroxyl groups excluding tert-OH is 1. The van der Waals surface area contributed by atoms with Crippen LogP contribution in [-0.2, 0) is 0 Å². The Labute approximate surface area is 123 Å². The standard InChI is InChI=1S/C16H21BrO2/c1-10-2-4-11(5-3-10)15-9-14(18)13-7-6-12(17)8-16(13)19-15/h6-8,10-11,14-15,18H,2-5,9H2,1H3. The van der Waals surface area contributed by atoms with E-state index in [0.717, 1.165) is 28.1 Å². The smallest absolute Gasteiger partial charge is 0.126 e. The van der Waals surface area contributed by atoms with Crippen molar-refractivity contribution in [3.8, 4) is 5.75 Å². The zero-order chi connectivity index (χ0) is 13.4. The summed E-state index contributed by atoms with van der Waals surface area (Å²) in [4.78, 5) is 0. The van der Waals surface area contributed by atoms with E-state index in [1.54, 1.807) is 0 Å². The van der Waals surface area contributed by atoms with Crippen LogP contribution in [0.4, 0.5) is 0 Å². The third-order valence-electron chi connectivity index (χ3n) is 4.65. The first kappa shape index (κ1) is 13.4. The van der Waals surface area contributed by atoms with Crippen molar-refractivity contribution in [2.24, 2.45) is 11.8 Å². The van der Waals surface area contributed by atoms with Crippen LogP contribution in [-0.4, -0.2) is 11.2 Å². The van der Waals surface area contributed by atoms with Crippen molar-refractivity contribution in [1.82, 2.24) is 0 Å². The summed E-state index contributed by atoms with van der Waals surface area (Å²) in [7, 11) is 0. The fraction of sp³-hybridized carbons (Fsp3) is 0.625. The Morgan fingerprint density at radius 2 is 1.95 bits per heavy atom. The number of aliphatic hydroxyl groups is 1. The molecule has 0 aromatic heterocycles. The van der Waals surface area contributed by atoms with Gasteiger partial charge in [0, 0.05) is 16.5 Å². The largest absolute Gasteiger partial charge is 0.490 e. The lowest BCUT2D eigenvalue weighted by atomic mass is 9.78. The molecule has 1 aromatic rings. The molecule has 2 aliphatic rings. The molecule has 1 aliphatic carbocycles. The van der Waals surface area contributed by atoms with Crippen molar-refractivity contribution in [1.29, 1.82) is 0 Å². The SMILES string of the molecule is CC1CCC(C2CC(O)c3ccc(Br)cc3O2)CC1. The van der Waals surface area contributed by atoms with Gasteiger partial charge in [0.2, 0.25) is 0 Å². The number of hydrogen-bond donors (Lipinski definition) is 1. The van der Waals surface area contributed by atoms with Gasteiger partial charge in [-0.05, 0) is 36.8 Å². The summed E-state index contributed by atoms with van der Waals surface area (Å²) in [5.41, 5.74) is 0.934. The van der Waals surface area contributed by atoms with E-state index >= 15 is 0 Å². The molecule has 2 nitrogen and oxygen atoms in total. The zero-order valence-electron chi connectivity index (χ0n) is 11.3. The summed E-state index contributed by atoms with van der Waals surface area (Å²) in [6.07, 6.45) is 5.63. The fourth-order valence-electron chi connectivity index (χ4n) is 3.39. The summed E-state index contributed by atoms with van der Waals surface area (Å²) < 4.78 is 7.18. The number of fused-ring (bicyclic) bond motifs is 1. The Balaban J connectivity index is 1.76. The molecule has 1 aromatic carbocycles. The van der Waals surface area contributed by atoms with Crippen LogP contribution in [0.1, 0.15) is 50.7 Å². The molecular weight excluding hydrogens is 304 g/mol. The second kappa shape index (κ2) is 5.45. The predicted molar refractivity (Wildman–Crippen MR) is 79.3 cm³/mol. The third-order valence-corrected chi connectivity index (χ3v) is 5.15. The third kappa shape index (κ3) is 2.82. The molecule has 1 N–H and O–H groups in total. The number of hydrogen-bond acceptors (Lipinski definition) is 2. The summed E-state index contributed by atoms with van der Waals surface area (Å²) in [5, 5.41) is 10.3. The molecule has 1 saturated carbocycles. The minimum absolute atomic E-state index is 0.185. The molecular formula is C16H21BrO2. The van der Waals surface area contributed by atoms with Crippen LogP contribution in [0.5, 0.6) is 5.75 Å². The number of halogens is 1. The molecule has 0 amide bonds. The van der Waals surface area contributed by atoms with Crippen molar-refractivity contribution >= 4 is 15.9 Å². The first-order chi connectivity index (χ1) is 9.13. The van der Waals surface area contributed by atoms with Crippen LogP contribution >= 0.6 is 15.9 Å². The summed E-state index contributed by atoms with van der Waals surface area (Å²) in [6, 6.07) is 5.91. The Morgan fingerprint density at radius 1 is 1.21 bits per heavy atom. The molecule has 2 unspecified atom stereocenters. The second-order valence-corrected chi connectivity index (χ2v) is 7.03. The van der Waals surface area contributed by atoms with Gasteiger partial charge >= 0.3 is 0 Å². The van der Waals surface area contributed by atoms with Gasteiger partial charge < -0.3 is 9.84 Å². The monoisotopic (exact) mass is 324 g/mol. The van der Waals surface area contributed by atoms with Gasteiger partial charge in [-0.2, -0.15) is 0 Å².